The fraction of sp³-hybridized carbons (Fsp3) is 0.500. The summed E-state index contributed by atoms with van der Waals surface area (Å²) >= 11 is 0. The van der Waals surface area contributed by atoms with Crippen LogP contribution >= 0.6 is 0 Å². The lowest BCUT2D eigenvalue weighted by atomic mass is 9.51. The number of ether oxygens (including phenoxy) is 3. The highest BCUT2D eigenvalue weighted by Gasteiger charge is 2.71. The van der Waals surface area contributed by atoms with Crippen LogP contribution in [0.15, 0.2) is 18.2 Å². The van der Waals surface area contributed by atoms with Gasteiger partial charge in [0.15, 0.2) is 23.4 Å². The molecule has 1 fully saturated rings. The Bertz CT molecular complexity index is 954. The summed E-state index contributed by atoms with van der Waals surface area (Å²) in [7, 11) is 3.03. The maximum atomic E-state index is 13.4. The summed E-state index contributed by atoms with van der Waals surface area (Å²) in [5, 5.41) is 0. The number of carbonyl (C=O) groups excluding carboxylic acids is 3. The number of benzene rings is 1. The molecule has 6 nitrogen and oxygen atoms in total. The minimum atomic E-state index is -1.25. The SMILES string of the molecule is COc1c(C(C)C)cc2c(c1OC)[C@]13C=CC(=O)C(C)(C)[C@@H]1[C@H](OC3=O)C2=O. The number of hydrogen-bond donors (Lipinski definition) is 0. The molecular weight excluding hydrogens is 360 g/mol. The molecule has 0 radical (unpaired) electrons. The average molecular weight is 384 g/mol. The quantitative estimate of drug-likeness (QED) is 0.746. The summed E-state index contributed by atoms with van der Waals surface area (Å²) in [6.07, 6.45) is 2.04. The van der Waals surface area contributed by atoms with Crippen LogP contribution in [-0.4, -0.2) is 37.9 Å². The van der Waals surface area contributed by atoms with Crippen molar-refractivity contribution in [1.29, 1.82) is 0 Å². The molecule has 4 rings (SSSR count). The third-order valence-electron chi connectivity index (χ3n) is 6.51. The number of Topliss-reactive ketones (excluding diaryl/α,β-unsaturated/α-hetero) is 1. The maximum absolute atomic E-state index is 13.4. The standard InChI is InChI=1S/C22H24O6/c1-10(2)11-9-12-14(17(27-6)16(11)26-5)22-8-7-13(23)21(3,4)19(22)18(15(12)24)28-20(22)25/h7-10,18-19H,1-6H3/t18-,19+,22-/m1/s1. The van der Waals surface area contributed by atoms with E-state index >= 15 is 0 Å². The summed E-state index contributed by atoms with van der Waals surface area (Å²) in [5.74, 6) is -0.644. The first-order valence-corrected chi connectivity index (χ1v) is 9.41. The number of esters is 1. The van der Waals surface area contributed by atoms with E-state index in [1.807, 2.05) is 13.8 Å². The Morgan fingerprint density at radius 2 is 1.71 bits per heavy atom. The molecule has 148 valence electrons. The summed E-state index contributed by atoms with van der Waals surface area (Å²) in [6, 6.07) is 1.79. The second kappa shape index (κ2) is 5.69. The van der Waals surface area contributed by atoms with Crippen LogP contribution in [0, 0.1) is 11.3 Å². The van der Waals surface area contributed by atoms with Gasteiger partial charge in [0.05, 0.1) is 14.2 Å². The van der Waals surface area contributed by atoms with Crippen molar-refractivity contribution in [3.8, 4) is 11.5 Å². The van der Waals surface area contributed by atoms with Crippen molar-refractivity contribution in [1.82, 2.24) is 0 Å². The molecule has 1 aliphatic heterocycles. The number of methoxy groups -OCH3 is 2. The van der Waals surface area contributed by atoms with E-state index in [1.54, 1.807) is 26.0 Å². The molecule has 2 bridgehead atoms. The summed E-state index contributed by atoms with van der Waals surface area (Å²) in [4.78, 5) is 39.2. The number of allylic oxidation sites excluding steroid dienone is 1. The van der Waals surface area contributed by atoms with Gasteiger partial charge in [-0.3, -0.25) is 14.4 Å². The second-order valence-corrected chi connectivity index (χ2v) is 8.57. The zero-order valence-corrected chi connectivity index (χ0v) is 16.9. The van der Waals surface area contributed by atoms with Crippen molar-refractivity contribution in [3.05, 3.63) is 34.9 Å². The van der Waals surface area contributed by atoms with E-state index in [0.717, 1.165) is 5.56 Å². The van der Waals surface area contributed by atoms with Crippen molar-refractivity contribution in [2.75, 3.05) is 14.2 Å². The Kier molecular flexibility index (Phi) is 3.80. The number of hydrogen-bond acceptors (Lipinski definition) is 6. The van der Waals surface area contributed by atoms with Crippen molar-refractivity contribution < 1.29 is 28.6 Å². The highest BCUT2D eigenvalue weighted by molar-refractivity contribution is 6.14. The van der Waals surface area contributed by atoms with E-state index in [-0.39, 0.29) is 17.5 Å². The van der Waals surface area contributed by atoms with E-state index in [2.05, 4.69) is 0 Å². The van der Waals surface area contributed by atoms with Gasteiger partial charge in [-0.2, -0.15) is 0 Å². The molecule has 1 saturated heterocycles. The molecule has 28 heavy (non-hydrogen) atoms. The van der Waals surface area contributed by atoms with E-state index in [1.165, 1.54) is 20.3 Å². The Balaban J connectivity index is 2.16. The molecule has 1 aromatic carbocycles. The second-order valence-electron chi connectivity index (χ2n) is 8.57. The van der Waals surface area contributed by atoms with Gasteiger partial charge in [0, 0.05) is 28.0 Å². The van der Waals surface area contributed by atoms with Crippen LogP contribution in [0.4, 0.5) is 0 Å². The van der Waals surface area contributed by atoms with Crippen LogP contribution in [0.2, 0.25) is 0 Å². The summed E-state index contributed by atoms with van der Waals surface area (Å²) < 4.78 is 16.9. The highest BCUT2D eigenvalue weighted by Crippen LogP contribution is 2.62. The minimum absolute atomic E-state index is 0.0753. The zero-order valence-electron chi connectivity index (χ0n) is 16.9. The average Bonchev–Trinajstić information content (AvgIpc) is 2.92. The first kappa shape index (κ1) is 18.7. The summed E-state index contributed by atoms with van der Waals surface area (Å²) in [5.41, 5.74) is -0.513. The van der Waals surface area contributed by atoms with E-state index < -0.39 is 28.8 Å². The van der Waals surface area contributed by atoms with Crippen molar-refractivity contribution in [2.24, 2.45) is 11.3 Å². The first-order valence-electron chi connectivity index (χ1n) is 9.41. The molecule has 2 aliphatic carbocycles. The molecular formula is C22H24O6. The largest absolute Gasteiger partial charge is 0.493 e. The third kappa shape index (κ3) is 1.95. The van der Waals surface area contributed by atoms with E-state index in [9.17, 15) is 14.4 Å². The van der Waals surface area contributed by atoms with Gasteiger partial charge in [-0.25, -0.2) is 0 Å². The Morgan fingerprint density at radius 1 is 1.07 bits per heavy atom. The fourth-order valence-electron chi connectivity index (χ4n) is 5.14. The minimum Gasteiger partial charge on any atom is -0.493 e. The number of fused-ring (bicyclic) bond motifs is 1. The zero-order chi connectivity index (χ0) is 20.6. The highest BCUT2D eigenvalue weighted by atomic mass is 16.6. The molecule has 3 aliphatic rings. The van der Waals surface area contributed by atoms with Crippen LogP contribution in [0.1, 0.15) is 55.1 Å². The van der Waals surface area contributed by atoms with Gasteiger partial charge in [0.25, 0.3) is 0 Å². The molecule has 0 spiro atoms. The number of ketones is 2. The monoisotopic (exact) mass is 384 g/mol. The van der Waals surface area contributed by atoms with Gasteiger partial charge in [-0.1, -0.05) is 33.8 Å². The smallest absolute Gasteiger partial charge is 0.321 e. The van der Waals surface area contributed by atoms with Gasteiger partial charge < -0.3 is 14.2 Å². The van der Waals surface area contributed by atoms with Crippen molar-refractivity contribution in [3.63, 3.8) is 0 Å². The van der Waals surface area contributed by atoms with Crippen molar-refractivity contribution >= 4 is 17.5 Å². The fourth-order valence-corrected chi connectivity index (χ4v) is 5.14. The Labute approximate surface area is 163 Å². The van der Waals surface area contributed by atoms with Gasteiger partial charge >= 0.3 is 5.97 Å². The van der Waals surface area contributed by atoms with Crippen LogP contribution in [0.3, 0.4) is 0 Å². The van der Waals surface area contributed by atoms with E-state index in [0.29, 0.717) is 22.6 Å². The lowest BCUT2D eigenvalue weighted by molar-refractivity contribution is -0.143. The van der Waals surface area contributed by atoms with E-state index in [4.69, 9.17) is 14.2 Å². The predicted octanol–water partition coefficient (Wildman–Crippen LogP) is 2.97. The van der Waals surface area contributed by atoms with Gasteiger partial charge in [-0.15, -0.1) is 0 Å². The maximum Gasteiger partial charge on any atom is 0.321 e. The Morgan fingerprint density at radius 3 is 2.29 bits per heavy atom. The molecule has 0 unspecified atom stereocenters. The normalized spacial score (nSPS) is 29.5. The molecule has 0 aromatic heterocycles. The predicted molar refractivity (Wildman–Crippen MR) is 101 cm³/mol. The molecule has 1 aromatic rings. The third-order valence-corrected chi connectivity index (χ3v) is 6.51. The van der Waals surface area contributed by atoms with Gasteiger partial charge in [0.2, 0.25) is 5.78 Å². The van der Waals surface area contributed by atoms with Crippen LogP contribution < -0.4 is 9.47 Å². The van der Waals surface area contributed by atoms with Crippen molar-refractivity contribution in [2.45, 2.75) is 45.1 Å². The molecule has 3 atom stereocenters. The molecule has 0 saturated carbocycles. The Hall–Kier alpha value is -2.63. The van der Waals surface area contributed by atoms with Crippen LogP contribution in [0.25, 0.3) is 0 Å². The van der Waals surface area contributed by atoms with Crippen LogP contribution in [-0.2, 0) is 19.7 Å². The van der Waals surface area contributed by atoms with Gasteiger partial charge in [-0.05, 0) is 18.1 Å². The molecule has 0 N–H and O–H groups in total. The molecule has 1 heterocycles. The lowest BCUT2D eigenvalue weighted by Gasteiger charge is -2.46. The van der Waals surface area contributed by atoms with Gasteiger partial charge in [0.1, 0.15) is 5.41 Å². The number of rotatable bonds is 3. The lowest BCUT2D eigenvalue weighted by Crippen LogP contribution is -2.56. The molecule has 6 heteroatoms. The number of carbonyl (C=O) groups is 3. The molecule has 0 amide bonds. The first-order chi connectivity index (χ1) is 13.1. The van der Waals surface area contributed by atoms with Crippen LogP contribution in [0.5, 0.6) is 11.5 Å². The summed E-state index contributed by atoms with van der Waals surface area (Å²) in [6.45, 7) is 7.52. The topological polar surface area (TPSA) is 78.9 Å².